The van der Waals surface area contributed by atoms with Crippen LogP contribution in [0.4, 0.5) is 5.69 Å². The van der Waals surface area contributed by atoms with Crippen LogP contribution in [0, 0.1) is 0 Å². The third-order valence-electron chi connectivity index (χ3n) is 5.17. The van der Waals surface area contributed by atoms with Crippen molar-refractivity contribution in [1.29, 1.82) is 0 Å². The van der Waals surface area contributed by atoms with E-state index in [0.717, 1.165) is 72.2 Å². The first-order valence-electron chi connectivity index (χ1n) is 10.8. The molecule has 0 fully saturated rings. The highest BCUT2D eigenvalue weighted by Gasteiger charge is 2.15. The Balaban J connectivity index is 1.61. The van der Waals surface area contributed by atoms with Gasteiger partial charge in [0.2, 0.25) is 0 Å². The molecule has 2 aromatic carbocycles. The van der Waals surface area contributed by atoms with Gasteiger partial charge in [-0.05, 0) is 48.6 Å². The largest absolute Gasteiger partial charge is 0.493 e. The SMILES string of the molecule is CCCc1c(CC(=O)O)cccc1NCCCOc1ccc2c(Cl)noc2c1CCC. The predicted octanol–water partition coefficient (Wildman–Crippen LogP) is 5.89. The quantitative estimate of drug-likeness (QED) is 0.338. The van der Waals surface area contributed by atoms with Crippen molar-refractivity contribution in [3.05, 3.63) is 52.2 Å². The molecule has 0 aliphatic rings. The molecule has 0 amide bonds. The molecule has 31 heavy (non-hydrogen) atoms. The van der Waals surface area contributed by atoms with Crippen LogP contribution in [0.3, 0.4) is 0 Å². The Labute approximate surface area is 187 Å². The fourth-order valence-corrected chi connectivity index (χ4v) is 3.97. The molecule has 3 rings (SSSR count). The van der Waals surface area contributed by atoms with Gasteiger partial charge in [0.25, 0.3) is 0 Å². The summed E-state index contributed by atoms with van der Waals surface area (Å²) < 4.78 is 11.5. The molecule has 0 aliphatic carbocycles. The minimum Gasteiger partial charge on any atom is -0.493 e. The average Bonchev–Trinajstić information content (AvgIpc) is 3.12. The summed E-state index contributed by atoms with van der Waals surface area (Å²) in [6.07, 6.45) is 4.44. The summed E-state index contributed by atoms with van der Waals surface area (Å²) in [5, 5.41) is 17.7. The van der Waals surface area contributed by atoms with Gasteiger partial charge in [0.05, 0.1) is 18.4 Å². The van der Waals surface area contributed by atoms with Gasteiger partial charge in [0.1, 0.15) is 5.75 Å². The van der Waals surface area contributed by atoms with Crippen LogP contribution in [-0.4, -0.2) is 29.4 Å². The van der Waals surface area contributed by atoms with Gasteiger partial charge in [-0.25, -0.2) is 0 Å². The zero-order chi connectivity index (χ0) is 22.2. The number of carboxylic acids is 1. The van der Waals surface area contributed by atoms with Crippen LogP contribution in [0.5, 0.6) is 5.75 Å². The topological polar surface area (TPSA) is 84.6 Å². The number of rotatable bonds is 12. The van der Waals surface area contributed by atoms with E-state index in [9.17, 15) is 9.90 Å². The van der Waals surface area contributed by atoms with Gasteiger partial charge in [-0.1, -0.05) is 55.6 Å². The zero-order valence-electron chi connectivity index (χ0n) is 18.0. The fraction of sp³-hybridized carbons (Fsp3) is 0.417. The number of halogens is 1. The first-order chi connectivity index (χ1) is 15.0. The third kappa shape index (κ3) is 5.70. The van der Waals surface area contributed by atoms with Crippen molar-refractivity contribution >= 4 is 34.2 Å². The van der Waals surface area contributed by atoms with Crippen LogP contribution in [0.1, 0.15) is 49.8 Å². The van der Waals surface area contributed by atoms with Crippen molar-refractivity contribution in [3.8, 4) is 5.75 Å². The molecule has 0 radical (unpaired) electrons. The first-order valence-corrected chi connectivity index (χ1v) is 11.2. The molecule has 166 valence electrons. The van der Waals surface area contributed by atoms with Gasteiger partial charge in [-0.3, -0.25) is 4.79 Å². The van der Waals surface area contributed by atoms with E-state index in [1.165, 1.54) is 0 Å². The van der Waals surface area contributed by atoms with Crippen LogP contribution in [0.25, 0.3) is 11.0 Å². The lowest BCUT2D eigenvalue weighted by Gasteiger charge is -2.16. The molecule has 1 aromatic heterocycles. The predicted molar refractivity (Wildman–Crippen MR) is 123 cm³/mol. The molecular weight excluding hydrogens is 416 g/mol. The van der Waals surface area contributed by atoms with Gasteiger partial charge < -0.3 is 19.7 Å². The number of fused-ring (bicyclic) bond motifs is 1. The van der Waals surface area contributed by atoms with Crippen molar-refractivity contribution in [2.24, 2.45) is 0 Å². The second-order valence-corrected chi connectivity index (χ2v) is 7.89. The Morgan fingerprint density at radius 3 is 2.68 bits per heavy atom. The molecule has 1 heterocycles. The molecule has 0 atom stereocenters. The molecule has 0 bridgehead atoms. The van der Waals surface area contributed by atoms with Gasteiger partial charge in [-0.2, -0.15) is 0 Å². The lowest BCUT2D eigenvalue weighted by atomic mass is 9.98. The van der Waals surface area contributed by atoms with Crippen LogP contribution in [0.15, 0.2) is 34.9 Å². The maximum Gasteiger partial charge on any atom is 0.307 e. The lowest BCUT2D eigenvalue weighted by Crippen LogP contribution is -2.11. The minimum absolute atomic E-state index is 0.0439. The van der Waals surface area contributed by atoms with Gasteiger partial charge in [-0.15, -0.1) is 0 Å². The Morgan fingerprint density at radius 2 is 1.94 bits per heavy atom. The van der Waals surface area contributed by atoms with Crippen LogP contribution in [-0.2, 0) is 24.1 Å². The smallest absolute Gasteiger partial charge is 0.307 e. The monoisotopic (exact) mass is 444 g/mol. The van der Waals surface area contributed by atoms with Crippen molar-refractivity contribution in [1.82, 2.24) is 5.16 Å². The highest BCUT2D eigenvalue weighted by atomic mass is 35.5. The van der Waals surface area contributed by atoms with Crippen LogP contribution >= 0.6 is 11.6 Å². The molecule has 7 heteroatoms. The standard InChI is InChI=1S/C24H29ClN2O4/c1-3-7-17-16(15-22(28)29)9-5-10-20(17)26-13-6-14-30-21-12-11-19-23(18(21)8-4-2)31-27-24(19)25/h5,9-12,26H,3-4,6-8,13-15H2,1-2H3,(H,28,29). The Morgan fingerprint density at radius 1 is 1.16 bits per heavy atom. The molecule has 0 aliphatic heterocycles. The molecule has 0 saturated carbocycles. The summed E-state index contributed by atoms with van der Waals surface area (Å²) in [6, 6.07) is 9.63. The highest BCUT2D eigenvalue weighted by molar-refractivity contribution is 6.34. The number of ether oxygens (including phenoxy) is 1. The number of benzene rings is 2. The maximum atomic E-state index is 11.2. The lowest BCUT2D eigenvalue weighted by molar-refractivity contribution is -0.136. The average molecular weight is 445 g/mol. The van der Waals surface area contributed by atoms with E-state index in [-0.39, 0.29) is 6.42 Å². The van der Waals surface area contributed by atoms with E-state index in [4.69, 9.17) is 20.9 Å². The number of carbonyl (C=O) groups is 1. The molecule has 2 N–H and O–H groups in total. The van der Waals surface area contributed by atoms with E-state index in [0.29, 0.717) is 17.3 Å². The van der Waals surface area contributed by atoms with E-state index in [2.05, 4.69) is 24.3 Å². The molecule has 0 saturated heterocycles. The zero-order valence-corrected chi connectivity index (χ0v) is 18.8. The highest BCUT2D eigenvalue weighted by Crippen LogP contribution is 2.33. The fourth-order valence-electron chi connectivity index (χ4n) is 3.78. The normalized spacial score (nSPS) is 11.1. The minimum atomic E-state index is -0.809. The summed E-state index contributed by atoms with van der Waals surface area (Å²) in [5.74, 6) is -0.00639. The Bertz CT molecular complexity index is 1030. The molecule has 0 unspecified atom stereocenters. The van der Waals surface area contributed by atoms with Crippen LogP contribution < -0.4 is 10.1 Å². The van der Waals surface area contributed by atoms with E-state index in [1.807, 2.05) is 30.3 Å². The molecule has 0 spiro atoms. The van der Waals surface area contributed by atoms with Crippen molar-refractivity contribution in [2.45, 2.75) is 52.4 Å². The number of aromatic nitrogens is 1. The van der Waals surface area contributed by atoms with E-state index in [1.54, 1.807) is 0 Å². The summed E-state index contributed by atoms with van der Waals surface area (Å²) in [6.45, 7) is 5.49. The number of hydrogen-bond donors (Lipinski definition) is 2. The maximum absolute atomic E-state index is 11.2. The Kier molecular flexibility index (Phi) is 8.18. The van der Waals surface area contributed by atoms with E-state index < -0.39 is 5.97 Å². The van der Waals surface area contributed by atoms with Crippen molar-refractivity contribution in [3.63, 3.8) is 0 Å². The summed E-state index contributed by atoms with van der Waals surface area (Å²) >= 11 is 6.09. The Hall–Kier alpha value is -2.73. The summed E-state index contributed by atoms with van der Waals surface area (Å²) in [5.41, 5.74) is 4.66. The molecular formula is C24H29ClN2O4. The summed E-state index contributed by atoms with van der Waals surface area (Å²) in [7, 11) is 0. The number of nitrogens with zero attached hydrogens (tertiary/aromatic N) is 1. The number of anilines is 1. The van der Waals surface area contributed by atoms with Gasteiger partial charge in [0, 0.05) is 17.8 Å². The van der Waals surface area contributed by atoms with E-state index >= 15 is 0 Å². The number of nitrogens with one attached hydrogen (secondary N) is 1. The molecule has 3 aromatic rings. The third-order valence-corrected chi connectivity index (χ3v) is 5.44. The van der Waals surface area contributed by atoms with Gasteiger partial charge >= 0.3 is 5.97 Å². The number of hydrogen-bond acceptors (Lipinski definition) is 5. The number of aryl methyl sites for hydroxylation is 1. The van der Waals surface area contributed by atoms with Crippen LogP contribution in [0.2, 0.25) is 5.15 Å². The number of aliphatic carboxylic acids is 1. The second kappa shape index (κ2) is 11.0. The van der Waals surface area contributed by atoms with Gasteiger partial charge in [0.15, 0.2) is 10.7 Å². The van der Waals surface area contributed by atoms with Crippen molar-refractivity contribution < 1.29 is 19.2 Å². The summed E-state index contributed by atoms with van der Waals surface area (Å²) in [4.78, 5) is 11.2. The first kappa shape index (κ1) is 22.9. The van der Waals surface area contributed by atoms with Crippen molar-refractivity contribution in [2.75, 3.05) is 18.5 Å². The second-order valence-electron chi connectivity index (χ2n) is 7.53. The number of carboxylic acid groups (broad SMARTS) is 1. The molecule has 6 nitrogen and oxygen atoms in total.